The predicted molar refractivity (Wildman–Crippen MR) is 115 cm³/mol. The number of thioether (sulfide) groups is 1. The van der Waals surface area contributed by atoms with Gasteiger partial charge in [-0.3, -0.25) is 14.2 Å². The molecule has 0 saturated heterocycles. The summed E-state index contributed by atoms with van der Waals surface area (Å²) in [6.07, 6.45) is 3.21. The third kappa shape index (κ3) is 4.84. The van der Waals surface area contributed by atoms with Gasteiger partial charge in [0, 0.05) is 12.7 Å². The summed E-state index contributed by atoms with van der Waals surface area (Å²) in [5.41, 5.74) is 0.523. The van der Waals surface area contributed by atoms with Crippen molar-refractivity contribution in [2.75, 3.05) is 11.1 Å². The van der Waals surface area contributed by atoms with Crippen LogP contribution in [0.5, 0.6) is 0 Å². The number of hydrogen-bond donors (Lipinski definition) is 1. The second-order valence-corrected chi connectivity index (χ2v) is 7.83. The first kappa shape index (κ1) is 20.6. The third-order valence-electron chi connectivity index (χ3n) is 3.96. The summed E-state index contributed by atoms with van der Waals surface area (Å²) in [6.45, 7) is 2.62. The molecule has 9 heteroatoms. The second-order valence-electron chi connectivity index (χ2n) is 6.04. The lowest BCUT2D eigenvalue weighted by atomic mass is 10.2. The Hall–Kier alpha value is -2.09. The van der Waals surface area contributed by atoms with Crippen LogP contribution >= 0.6 is 35.0 Å². The SMILES string of the molecule is CCCCn1c(SCC(=O)Nc2ncc(Cl)cc2Cl)nc2ccccc2c1=O. The van der Waals surface area contributed by atoms with Crippen molar-refractivity contribution in [2.24, 2.45) is 0 Å². The van der Waals surface area contributed by atoms with E-state index in [0.717, 1.165) is 12.8 Å². The minimum Gasteiger partial charge on any atom is -0.309 e. The summed E-state index contributed by atoms with van der Waals surface area (Å²) in [5.74, 6) is 0.00930. The number of para-hydroxylation sites is 1. The highest BCUT2D eigenvalue weighted by Gasteiger charge is 2.14. The first-order chi connectivity index (χ1) is 13.5. The number of hydrogen-bond acceptors (Lipinski definition) is 5. The van der Waals surface area contributed by atoms with Crippen molar-refractivity contribution in [2.45, 2.75) is 31.5 Å². The maximum Gasteiger partial charge on any atom is 0.262 e. The third-order valence-corrected chi connectivity index (χ3v) is 5.43. The number of benzene rings is 1. The Balaban J connectivity index is 1.80. The van der Waals surface area contributed by atoms with Gasteiger partial charge in [-0.25, -0.2) is 9.97 Å². The smallest absolute Gasteiger partial charge is 0.262 e. The number of halogens is 2. The Kier molecular flexibility index (Phi) is 6.93. The topological polar surface area (TPSA) is 76.9 Å². The van der Waals surface area contributed by atoms with Crippen LogP contribution < -0.4 is 10.9 Å². The number of fused-ring (bicyclic) bond motifs is 1. The van der Waals surface area contributed by atoms with Crippen molar-refractivity contribution >= 4 is 57.6 Å². The zero-order chi connectivity index (χ0) is 20.1. The van der Waals surface area contributed by atoms with Gasteiger partial charge in [-0.1, -0.05) is 60.4 Å². The number of anilines is 1. The van der Waals surface area contributed by atoms with Crippen LogP contribution in [0.4, 0.5) is 5.82 Å². The number of aromatic nitrogens is 3. The molecule has 28 heavy (non-hydrogen) atoms. The van der Waals surface area contributed by atoms with Gasteiger partial charge >= 0.3 is 0 Å². The van der Waals surface area contributed by atoms with Crippen molar-refractivity contribution in [1.29, 1.82) is 0 Å². The van der Waals surface area contributed by atoms with Crippen LogP contribution in [0, 0.1) is 0 Å². The molecule has 0 spiro atoms. The molecule has 0 unspecified atom stereocenters. The van der Waals surface area contributed by atoms with Gasteiger partial charge in [-0.15, -0.1) is 0 Å². The number of nitrogens with one attached hydrogen (secondary N) is 1. The molecule has 1 N–H and O–H groups in total. The van der Waals surface area contributed by atoms with Gasteiger partial charge in [0.1, 0.15) is 0 Å². The molecule has 0 saturated carbocycles. The highest BCUT2D eigenvalue weighted by Crippen LogP contribution is 2.23. The fraction of sp³-hybridized carbons (Fsp3) is 0.263. The van der Waals surface area contributed by atoms with E-state index < -0.39 is 0 Å². The van der Waals surface area contributed by atoms with Crippen molar-refractivity contribution < 1.29 is 4.79 Å². The molecule has 0 radical (unpaired) electrons. The minimum absolute atomic E-state index is 0.0670. The maximum absolute atomic E-state index is 12.8. The minimum atomic E-state index is -0.300. The fourth-order valence-corrected chi connectivity index (χ4v) is 3.83. The van der Waals surface area contributed by atoms with Crippen molar-refractivity contribution in [1.82, 2.24) is 14.5 Å². The van der Waals surface area contributed by atoms with E-state index in [1.807, 2.05) is 12.1 Å². The molecule has 3 aromatic rings. The summed E-state index contributed by atoms with van der Waals surface area (Å²) in [5, 5.41) is 4.38. The molecule has 1 amide bonds. The monoisotopic (exact) mass is 436 g/mol. The highest BCUT2D eigenvalue weighted by atomic mass is 35.5. The van der Waals surface area contributed by atoms with Gasteiger partial charge in [0.05, 0.1) is 26.7 Å². The first-order valence-electron chi connectivity index (χ1n) is 8.73. The number of nitrogens with zero attached hydrogens (tertiary/aromatic N) is 3. The number of unbranched alkanes of at least 4 members (excludes halogenated alkanes) is 1. The number of amides is 1. The summed E-state index contributed by atoms with van der Waals surface area (Å²) in [4.78, 5) is 33.7. The Morgan fingerprint density at radius 3 is 2.82 bits per heavy atom. The second kappa shape index (κ2) is 9.41. The quantitative estimate of drug-likeness (QED) is 0.431. The Labute approximate surface area is 176 Å². The van der Waals surface area contributed by atoms with Crippen LogP contribution in [0.2, 0.25) is 10.0 Å². The summed E-state index contributed by atoms with van der Waals surface area (Å²) in [7, 11) is 0. The van der Waals surface area contributed by atoms with Crippen molar-refractivity contribution in [3.8, 4) is 0 Å². The van der Waals surface area contributed by atoms with Crippen LogP contribution in [0.1, 0.15) is 19.8 Å². The molecular formula is C19H18Cl2N4O2S. The average Bonchev–Trinajstić information content (AvgIpc) is 2.68. The van der Waals surface area contributed by atoms with Crippen molar-refractivity contribution in [3.63, 3.8) is 0 Å². The van der Waals surface area contributed by atoms with E-state index in [9.17, 15) is 9.59 Å². The lowest BCUT2D eigenvalue weighted by molar-refractivity contribution is -0.113. The van der Waals surface area contributed by atoms with E-state index in [4.69, 9.17) is 23.2 Å². The molecule has 0 aliphatic rings. The molecule has 3 rings (SSSR count). The van der Waals surface area contributed by atoms with Crippen LogP contribution in [0.3, 0.4) is 0 Å². The van der Waals surface area contributed by atoms with Crippen LogP contribution in [-0.2, 0) is 11.3 Å². The maximum atomic E-state index is 12.8. The van der Waals surface area contributed by atoms with Gasteiger partial charge in [0.15, 0.2) is 11.0 Å². The number of carbonyl (C=O) groups excluding carboxylic acids is 1. The summed E-state index contributed by atoms with van der Waals surface area (Å²) in [6, 6.07) is 8.72. The summed E-state index contributed by atoms with van der Waals surface area (Å²) >= 11 is 13.1. The molecule has 0 atom stereocenters. The molecule has 2 aromatic heterocycles. The molecule has 0 fully saturated rings. The Bertz CT molecular complexity index is 1070. The Morgan fingerprint density at radius 2 is 2.07 bits per heavy atom. The predicted octanol–water partition coefficient (Wildman–Crippen LogP) is 4.63. The van der Waals surface area contributed by atoms with E-state index >= 15 is 0 Å². The first-order valence-corrected chi connectivity index (χ1v) is 10.5. The molecule has 0 aliphatic heterocycles. The standard InChI is InChI=1S/C19H18Cl2N4O2S/c1-2-3-8-25-18(27)13-6-4-5-7-15(13)23-19(25)28-11-16(26)24-17-14(21)9-12(20)10-22-17/h4-7,9-10H,2-3,8,11H2,1H3,(H,22,24,26). The largest absolute Gasteiger partial charge is 0.309 e. The van der Waals surface area contributed by atoms with Gasteiger partial charge in [0.2, 0.25) is 5.91 Å². The molecule has 1 aromatic carbocycles. The van der Waals surface area contributed by atoms with Crippen molar-refractivity contribution in [3.05, 3.63) is 56.9 Å². The molecule has 6 nitrogen and oxygen atoms in total. The van der Waals surface area contributed by atoms with Gasteiger partial charge in [-0.05, 0) is 24.6 Å². The molecule has 2 heterocycles. The number of rotatable bonds is 7. The van der Waals surface area contributed by atoms with Crippen LogP contribution in [0.15, 0.2) is 46.5 Å². The van der Waals surface area contributed by atoms with E-state index in [2.05, 4.69) is 22.2 Å². The molecule has 146 valence electrons. The van der Waals surface area contributed by atoms with E-state index in [1.54, 1.807) is 16.7 Å². The Morgan fingerprint density at radius 1 is 1.29 bits per heavy atom. The zero-order valence-corrected chi connectivity index (χ0v) is 17.4. The normalized spacial score (nSPS) is 11.0. The fourth-order valence-electron chi connectivity index (χ4n) is 2.58. The number of carbonyl (C=O) groups is 1. The van der Waals surface area contributed by atoms with Crippen LogP contribution in [0.25, 0.3) is 10.9 Å². The van der Waals surface area contributed by atoms with E-state index in [1.165, 1.54) is 24.0 Å². The van der Waals surface area contributed by atoms with Gasteiger partial charge in [-0.2, -0.15) is 0 Å². The molecule has 0 aliphatic carbocycles. The van der Waals surface area contributed by atoms with Gasteiger partial charge < -0.3 is 5.32 Å². The van der Waals surface area contributed by atoms with Crippen LogP contribution in [-0.4, -0.2) is 26.2 Å². The van der Waals surface area contributed by atoms with E-state index in [-0.39, 0.29) is 28.1 Å². The molecular weight excluding hydrogens is 419 g/mol. The van der Waals surface area contributed by atoms with Gasteiger partial charge in [0.25, 0.3) is 5.56 Å². The van der Waals surface area contributed by atoms with E-state index in [0.29, 0.717) is 27.6 Å². The molecule has 0 bridgehead atoms. The average molecular weight is 437 g/mol. The number of pyridine rings is 1. The zero-order valence-electron chi connectivity index (χ0n) is 15.1. The lowest BCUT2D eigenvalue weighted by Crippen LogP contribution is -2.24. The highest BCUT2D eigenvalue weighted by molar-refractivity contribution is 7.99. The lowest BCUT2D eigenvalue weighted by Gasteiger charge is -2.13. The summed E-state index contributed by atoms with van der Waals surface area (Å²) < 4.78 is 1.64.